The number of hydrazine groups is 1. The first-order valence-electron chi connectivity index (χ1n) is 7.26. The van der Waals surface area contributed by atoms with Gasteiger partial charge in [0.25, 0.3) is 0 Å². The Balaban J connectivity index is 1.32. The second-order valence-electron chi connectivity index (χ2n) is 5.41. The second kappa shape index (κ2) is 6.70. The normalized spacial score (nSPS) is 31.0. The standard InChI is InChI=1S/C14H19N3O2S3/c1-17-14(22-7-15-17)21-6-10-5-20-13(16-10)9-2-3-11-12(4-9)19-8-18-11/h2-4,10,13-16H,5-8H2,1H3. The van der Waals surface area contributed by atoms with E-state index in [0.29, 0.717) is 22.9 Å². The Morgan fingerprint density at radius 2 is 2.23 bits per heavy atom. The lowest BCUT2D eigenvalue weighted by Crippen LogP contribution is -2.33. The van der Waals surface area contributed by atoms with Crippen LogP contribution in [-0.2, 0) is 0 Å². The summed E-state index contributed by atoms with van der Waals surface area (Å²) < 4.78 is 11.4. The molecule has 0 radical (unpaired) electrons. The number of nitrogens with one attached hydrogen (secondary N) is 2. The average Bonchev–Trinajstić information content (AvgIpc) is 3.25. The van der Waals surface area contributed by atoms with Gasteiger partial charge in [-0.25, -0.2) is 10.4 Å². The van der Waals surface area contributed by atoms with Gasteiger partial charge >= 0.3 is 0 Å². The van der Waals surface area contributed by atoms with Crippen molar-refractivity contribution in [1.29, 1.82) is 0 Å². The third-order valence-corrected chi connectivity index (χ3v) is 8.09. The van der Waals surface area contributed by atoms with Gasteiger partial charge in [0.05, 0.1) is 11.3 Å². The molecule has 3 unspecified atom stereocenters. The Labute approximate surface area is 143 Å². The maximum atomic E-state index is 5.47. The molecule has 0 saturated carbocycles. The van der Waals surface area contributed by atoms with E-state index in [1.807, 2.05) is 41.4 Å². The van der Waals surface area contributed by atoms with E-state index in [9.17, 15) is 0 Å². The summed E-state index contributed by atoms with van der Waals surface area (Å²) in [5.74, 6) is 5.03. The molecule has 2 N–H and O–H groups in total. The Kier molecular flexibility index (Phi) is 4.66. The van der Waals surface area contributed by atoms with Gasteiger partial charge in [-0.15, -0.1) is 35.3 Å². The molecule has 1 aromatic carbocycles. The van der Waals surface area contributed by atoms with Gasteiger partial charge in [-0.05, 0) is 17.7 Å². The smallest absolute Gasteiger partial charge is 0.231 e. The third-order valence-electron chi connectivity index (χ3n) is 3.85. The third kappa shape index (κ3) is 3.18. The largest absolute Gasteiger partial charge is 0.454 e. The molecule has 0 bridgehead atoms. The van der Waals surface area contributed by atoms with Crippen molar-refractivity contribution >= 4 is 35.3 Å². The van der Waals surface area contributed by atoms with Gasteiger partial charge in [-0.2, -0.15) is 0 Å². The van der Waals surface area contributed by atoms with Crippen molar-refractivity contribution in [2.24, 2.45) is 0 Å². The molecular weight excluding hydrogens is 338 g/mol. The summed E-state index contributed by atoms with van der Waals surface area (Å²) in [7, 11) is 2.11. The average molecular weight is 358 g/mol. The van der Waals surface area contributed by atoms with E-state index >= 15 is 0 Å². The molecule has 8 heteroatoms. The van der Waals surface area contributed by atoms with E-state index in [4.69, 9.17) is 9.47 Å². The van der Waals surface area contributed by atoms with E-state index < -0.39 is 0 Å². The van der Waals surface area contributed by atoms with Crippen molar-refractivity contribution in [3.63, 3.8) is 0 Å². The summed E-state index contributed by atoms with van der Waals surface area (Å²) in [6.45, 7) is 0.337. The molecule has 4 rings (SSSR count). The van der Waals surface area contributed by atoms with Crippen LogP contribution in [0.2, 0.25) is 0 Å². The van der Waals surface area contributed by atoms with Crippen LogP contribution in [0.5, 0.6) is 11.5 Å². The van der Waals surface area contributed by atoms with Gasteiger partial charge < -0.3 is 9.47 Å². The molecule has 0 aromatic heterocycles. The van der Waals surface area contributed by atoms with Crippen molar-refractivity contribution in [2.45, 2.75) is 16.1 Å². The number of nitrogens with zero attached hydrogens (tertiary/aromatic N) is 1. The van der Waals surface area contributed by atoms with E-state index in [0.717, 1.165) is 28.9 Å². The van der Waals surface area contributed by atoms with Crippen molar-refractivity contribution in [1.82, 2.24) is 15.8 Å². The van der Waals surface area contributed by atoms with E-state index in [1.165, 1.54) is 5.56 Å². The number of hydrogen-bond donors (Lipinski definition) is 2. The number of rotatable bonds is 4. The molecule has 2 saturated heterocycles. The summed E-state index contributed by atoms with van der Waals surface area (Å²) in [4.78, 5) is 0. The number of benzene rings is 1. The summed E-state index contributed by atoms with van der Waals surface area (Å²) in [5.41, 5.74) is 4.60. The zero-order valence-electron chi connectivity index (χ0n) is 12.3. The maximum Gasteiger partial charge on any atom is 0.231 e. The van der Waals surface area contributed by atoms with Crippen molar-refractivity contribution in [2.75, 3.05) is 31.2 Å². The molecule has 1 aromatic rings. The van der Waals surface area contributed by atoms with Gasteiger partial charge in [0.15, 0.2) is 11.5 Å². The lowest BCUT2D eigenvalue weighted by molar-refractivity contribution is 0.174. The maximum absolute atomic E-state index is 5.47. The van der Waals surface area contributed by atoms with Crippen LogP contribution in [0.1, 0.15) is 10.9 Å². The first-order chi connectivity index (χ1) is 10.8. The van der Waals surface area contributed by atoms with E-state index in [2.05, 4.69) is 34.9 Å². The summed E-state index contributed by atoms with van der Waals surface area (Å²) in [6, 6.07) is 6.81. The highest BCUT2D eigenvalue weighted by Gasteiger charge is 2.29. The highest BCUT2D eigenvalue weighted by Crippen LogP contribution is 2.40. The first-order valence-corrected chi connectivity index (χ1v) is 10.4. The molecule has 5 nitrogen and oxygen atoms in total. The number of hydrogen-bond acceptors (Lipinski definition) is 8. The van der Waals surface area contributed by atoms with Gasteiger partial charge in [0.1, 0.15) is 4.71 Å². The Morgan fingerprint density at radius 1 is 1.32 bits per heavy atom. The Morgan fingerprint density at radius 3 is 3.09 bits per heavy atom. The van der Waals surface area contributed by atoms with Crippen LogP contribution in [0.25, 0.3) is 0 Å². The summed E-state index contributed by atoms with van der Waals surface area (Å²) in [5, 5.41) is 6.29. The minimum Gasteiger partial charge on any atom is -0.454 e. The molecule has 3 aliphatic heterocycles. The molecular formula is C14H19N3O2S3. The SMILES string of the molecule is CN1NCSC1SCC1CSC(c2ccc3c(c2)OCO3)N1. The van der Waals surface area contributed by atoms with Crippen molar-refractivity contribution in [3.05, 3.63) is 23.8 Å². The number of ether oxygens (including phenoxy) is 2. The van der Waals surface area contributed by atoms with Gasteiger partial charge in [-0.3, -0.25) is 5.32 Å². The van der Waals surface area contributed by atoms with Crippen LogP contribution in [0.15, 0.2) is 18.2 Å². The predicted molar refractivity (Wildman–Crippen MR) is 94.3 cm³/mol. The fourth-order valence-electron chi connectivity index (χ4n) is 2.64. The van der Waals surface area contributed by atoms with Crippen molar-refractivity contribution in [3.8, 4) is 11.5 Å². The zero-order valence-corrected chi connectivity index (χ0v) is 14.7. The molecule has 2 fully saturated rings. The van der Waals surface area contributed by atoms with Gasteiger partial charge in [0, 0.05) is 24.6 Å². The van der Waals surface area contributed by atoms with E-state index in [1.54, 1.807) is 0 Å². The molecule has 3 atom stereocenters. The van der Waals surface area contributed by atoms with Crippen LogP contribution in [0.3, 0.4) is 0 Å². The number of thioether (sulfide) groups is 3. The summed E-state index contributed by atoms with van der Waals surface area (Å²) >= 11 is 5.95. The molecule has 0 spiro atoms. The highest BCUT2D eigenvalue weighted by atomic mass is 32.2. The number of fused-ring (bicyclic) bond motifs is 1. The second-order valence-corrected chi connectivity index (χ2v) is 9.03. The highest BCUT2D eigenvalue weighted by molar-refractivity contribution is 8.17. The quantitative estimate of drug-likeness (QED) is 0.851. The fraction of sp³-hybridized carbons (Fsp3) is 0.571. The minimum absolute atomic E-state index is 0.337. The van der Waals surface area contributed by atoms with Crippen LogP contribution in [0, 0.1) is 0 Å². The zero-order chi connectivity index (χ0) is 14.9. The van der Waals surface area contributed by atoms with Crippen LogP contribution >= 0.6 is 35.3 Å². The monoisotopic (exact) mass is 357 g/mol. The minimum atomic E-state index is 0.337. The molecule has 3 heterocycles. The fourth-order valence-corrected chi connectivity index (χ4v) is 6.51. The van der Waals surface area contributed by atoms with Crippen molar-refractivity contribution < 1.29 is 9.47 Å². The van der Waals surface area contributed by atoms with Crippen LogP contribution in [-0.4, -0.2) is 47.0 Å². The van der Waals surface area contributed by atoms with E-state index in [-0.39, 0.29) is 0 Å². The van der Waals surface area contributed by atoms with Crippen LogP contribution < -0.4 is 20.2 Å². The topological polar surface area (TPSA) is 45.8 Å². The Hall–Kier alpha value is -0.250. The van der Waals surface area contributed by atoms with Gasteiger partial charge in [-0.1, -0.05) is 6.07 Å². The molecule has 120 valence electrons. The predicted octanol–water partition coefficient (Wildman–Crippen LogP) is 2.28. The van der Waals surface area contributed by atoms with Gasteiger partial charge in [0.2, 0.25) is 6.79 Å². The molecule has 0 aliphatic carbocycles. The Bertz CT molecular complexity index is 548. The molecule has 0 amide bonds. The lowest BCUT2D eigenvalue weighted by Gasteiger charge is -2.19. The lowest BCUT2D eigenvalue weighted by atomic mass is 10.2. The van der Waals surface area contributed by atoms with Crippen LogP contribution in [0.4, 0.5) is 0 Å². The molecule has 3 aliphatic rings. The first kappa shape index (κ1) is 15.3. The summed E-state index contributed by atoms with van der Waals surface area (Å²) in [6.07, 6.45) is 0. The molecule has 22 heavy (non-hydrogen) atoms.